The number of hydrogen-bond donors (Lipinski definition) is 2. The molecule has 2 heterocycles. The minimum Gasteiger partial charge on any atom is -0.357 e. The number of likely N-dealkylation sites (tertiary alicyclic amines) is 1. The van der Waals surface area contributed by atoms with Crippen molar-refractivity contribution in [3.05, 3.63) is 16.1 Å². The zero-order chi connectivity index (χ0) is 17.2. The van der Waals surface area contributed by atoms with Gasteiger partial charge in [-0.15, -0.1) is 35.3 Å². The topological polar surface area (TPSA) is 52.5 Å². The molecule has 0 bridgehead atoms. The molecule has 0 atom stereocenters. The molecule has 1 saturated heterocycles. The first-order chi connectivity index (χ1) is 11.7. The Balaban J connectivity index is 0.00000312. The molecule has 144 valence electrons. The number of aliphatic imine (C=N–C) groups is 1. The van der Waals surface area contributed by atoms with E-state index >= 15 is 0 Å². The maximum Gasteiger partial charge on any atom is 0.191 e. The molecule has 25 heavy (non-hydrogen) atoms. The monoisotopic (exact) mass is 479 g/mol. The highest BCUT2D eigenvalue weighted by atomic mass is 127. The van der Waals surface area contributed by atoms with Crippen molar-refractivity contribution in [1.29, 1.82) is 0 Å². The van der Waals surface area contributed by atoms with Crippen LogP contribution in [0.15, 0.2) is 10.4 Å². The first kappa shape index (κ1) is 22.6. The summed E-state index contributed by atoms with van der Waals surface area (Å²) < 4.78 is 0. The van der Waals surface area contributed by atoms with Crippen LogP contribution in [0.1, 0.15) is 50.7 Å². The van der Waals surface area contributed by atoms with E-state index in [2.05, 4.69) is 46.7 Å². The van der Waals surface area contributed by atoms with Gasteiger partial charge in [-0.3, -0.25) is 4.99 Å². The number of nitrogens with zero attached hydrogens (tertiary/aromatic N) is 3. The van der Waals surface area contributed by atoms with E-state index in [0.29, 0.717) is 6.04 Å². The molecular weight excluding hydrogens is 445 g/mol. The minimum atomic E-state index is 0. The predicted octanol–water partition coefficient (Wildman–Crippen LogP) is 3.30. The maximum atomic E-state index is 4.74. The van der Waals surface area contributed by atoms with Gasteiger partial charge >= 0.3 is 0 Å². The normalized spacial score (nSPS) is 16.5. The first-order valence-electron chi connectivity index (χ1n) is 9.45. The molecule has 1 aromatic heterocycles. The van der Waals surface area contributed by atoms with Gasteiger partial charge in [-0.25, -0.2) is 4.98 Å². The average molecular weight is 479 g/mol. The molecule has 1 aliphatic rings. The van der Waals surface area contributed by atoms with E-state index in [1.807, 2.05) is 0 Å². The van der Waals surface area contributed by atoms with E-state index in [1.165, 1.54) is 49.6 Å². The Kier molecular flexibility index (Phi) is 11.6. The van der Waals surface area contributed by atoms with Crippen LogP contribution >= 0.6 is 35.3 Å². The number of aryl methyl sites for hydroxylation is 1. The largest absolute Gasteiger partial charge is 0.357 e. The Labute approximate surface area is 174 Å². The number of halogens is 1. The fourth-order valence-electron chi connectivity index (χ4n) is 3.04. The smallest absolute Gasteiger partial charge is 0.191 e. The quantitative estimate of drug-likeness (QED) is 0.342. The van der Waals surface area contributed by atoms with E-state index in [0.717, 1.165) is 31.9 Å². The fraction of sp³-hybridized carbons (Fsp3) is 0.778. The Morgan fingerprint density at radius 3 is 2.68 bits per heavy atom. The summed E-state index contributed by atoms with van der Waals surface area (Å²) in [5.41, 5.74) is 1.17. The number of nitrogens with one attached hydrogen (secondary N) is 2. The van der Waals surface area contributed by atoms with Gasteiger partial charge in [-0.2, -0.15) is 0 Å². The second-order valence-corrected chi connectivity index (χ2v) is 7.30. The molecule has 1 aromatic rings. The van der Waals surface area contributed by atoms with Crippen LogP contribution in [0.3, 0.4) is 0 Å². The third-order valence-electron chi connectivity index (χ3n) is 4.35. The molecule has 2 N–H and O–H groups in total. The van der Waals surface area contributed by atoms with E-state index in [9.17, 15) is 0 Å². The number of thiazole rings is 1. The van der Waals surface area contributed by atoms with Crippen LogP contribution < -0.4 is 10.6 Å². The summed E-state index contributed by atoms with van der Waals surface area (Å²) in [6.45, 7) is 11.8. The van der Waals surface area contributed by atoms with E-state index in [-0.39, 0.29) is 24.0 Å². The number of rotatable bonds is 8. The number of guanidine groups is 1. The summed E-state index contributed by atoms with van der Waals surface area (Å²) in [6.07, 6.45) is 5.60. The lowest BCUT2D eigenvalue weighted by atomic mass is 10.1. The predicted molar refractivity (Wildman–Crippen MR) is 119 cm³/mol. The second kappa shape index (κ2) is 12.9. The van der Waals surface area contributed by atoms with Crippen molar-refractivity contribution in [3.63, 3.8) is 0 Å². The highest BCUT2D eigenvalue weighted by Gasteiger charge is 2.19. The van der Waals surface area contributed by atoms with Crippen LogP contribution in [0.25, 0.3) is 0 Å². The molecule has 0 aliphatic carbocycles. The lowest BCUT2D eigenvalue weighted by Gasteiger charge is -2.32. The van der Waals surface area contributed by atoms with Gasteiger partial charge in [0.15, 0.2) is 5.96 Å². The fourth-order valence-corrected chi connectivity index (χ4v) is 3.82. The van der Waals surface area contributed by atoms with Crippen LogP contribution in [0.2, 0.25) is 0 Å². The highest BCUT2D eigenvalue weighted by molar-refractivity contribution is 14.0. The average Bonchev–Trinajstić information content (AvgIpc) is 3.05. The zero-order valence-corrected chi connectivity index (χ0v) is 19.0. The van der Waals surface area contributed by atoms with Crippen molar-refractivity contribution < 1.29 is 0 Å². The molecular formula is C18H34IN5S. The van der Waals surface area contributed by atoms with E-state index in [4.69, 9.17) is 4.99 Å². The Morgan fingerprint density at radius 1 is 1.32 bits per heavy atom. The van der Waals surface area contributed by atoms with Gasteiger partial charge in [0.2, 0.25) is 0 Å². The summed E-state index contributed by atoms with van der Waals surface area (Å²) in [6, 6.07) is 0.543. The van der Waals surface area contributed by atoms with Crippen LogP contribution in [-0.4, -0.2) is 54.6 Å². The van der Waals surface area contributed by atoms with E-state index in [1.54, 1.807) is 11.3 Å². The van der Waals surface area contributed by atoms with Gasteiger partial charge in [-0.05, 0) is 39.2 Å². The van der Waals surface area contributed by atoms with Gasteiger partial charge in [0.1, 0.15) is 0 Å². The highest BCUT2D eigenvalue weighted by Crippen LogP contribution is 2.11. The number of aromatic nitrogens is 1. The van der Waals surface area contributed by atoms with Crippen molar-refractivity contribution in [2.45, 2.75) is 58.9 Å². The third-order valence-corrected chi connectivity index (χ3v) is 5.39. The van der Waals surface area contributed by atoms with Crippen molar-refractivity contribution >= 4 is 41.3 Å². The number of hydrogen-bond acceptors (Lipinski definition) is 4. The summed E-state index contributed by atoms with van der Waals surface area (Å²) in [5, 5.41) is 10.4. The van der Waals surface area contributed by atoms with Gasteiger partial charge in [0, 0.05) is 44.0 Å². The second-order valence-electron chi connectivity index (χ2n) is 6.36. The van der Waals surface area contributed by atoms with Crippen molar-refractivity contribution in [2.75, 3.05) is 32.7 Å². The molecule has 7 heteroatoms. The molecule has 0 saturated carbocycles. The molecule has 2 rings (SSSR count). The summed E-state index contributed by atoms with van der Waals surface area (Å²) in [7, 11) is 0. The molecule has 5 nitrogen and oxygen atoms in total. The molecule has 0 radical (unpaired) electrons. The lowest BCUT2D eigenvalue weighted by molar-refractivity contribution is 0.206. The molecule has 0 amide bonds. The van der Waals surface area contributed by atoms with E-state index < -0.39 is 0 Å². The van der Waals surface area contributed by atoms with Crippen LogP contribution in [0.4, 0.5) is 0 Å². The molecule has 1 fully saturated rings. The van der Waals surface area contributed by atoms with Gasteiger partial charge < -0.3 is 15.5 Å². The lowest BCUT2D eigenvalue weighted by Crippen LogP contribution is -2.48. The maximum absolute atomic E-state index is 4.74. The van der Waals surface area contributed by atoms with Crippen LogP contribution in [0, 0.1) is 0 Å². The Bertz CT molecular complexity index is 497. The molecule has 0 spiro atoms. The third kappa shape index (κ3) is 8.21. The first-order valence-corrected chi connectivity index (χ1v) is 10.3. The van der Waals surface area contributed by atoms with Crippen molar-refractivity contribution in [1.82, 2.24) is 20.5 Å². The van der Waals surface area contributed by atoms with Gasteiger partial charge in [0.25, 0.3) is 0 Å². The Morgan fingerprint density at radius 2 is 2.08 bits per heavy atom. The summed E-state index contributed by atoms with van der Waals surface area (Å²) in [5.74, 6) is 0.956. The van der Waals surface area contributed by atoms with Gasteiger partial charge in [-0.1, -0.05) is 13.8 Å². The Hall–Kier alpha value is -0.410. The molecule has 0 unspecified atom stereocenters. The minimum absolute atomic E-state index is 0. The molecule has 0 aromatic carbocycles. The van der Waals surface area contributed by atoms with Crippen LogP contribution in [-0.2, 0) is 12.8 Å². The standard InChI is InChI=1S/C18H33N5S.HI/c1-4-11-23-12-8-15(9-13-23)22-18(19-6-3)20-10-7-16-14-24-17(5-2)21-16;/h14-15H,4-13H2,1-3H3,(H2,19,20,22);1H. The zero-order valence-electron chi connectivity index (χ0n) is 15.9. The number of piperidine rings is 1. The van der Waals surface area contributed by atoms with Crippen molar-refractivity contribution in [2.24, 2.45) is 4.99 Å². The van der Waals surface area contributed by atoms with Gasteiger partial charge in [0.05, 0.1) is 10.7 Å². The molecule has 1 aliphatic heterocycles. The summed E-state index contributed by atoms with van der Waals surface area (Å²) >= 11 is 1.76. The SMILES string of the molecule is CCCN1CCC(NC(=NCCc2csc(CC)n2)NCC)CC1.I. The van der Waals surface area contributed by atoms with Crippen LogP contribution in [0.5, 0.6) is 0 Å². The summed E-state index contributed by atoms with van der Waals surface area (Å²) in [4.78, 5) is 11.9. The van der Waals surface area contributed by atoms with Crippen molar-refractivity contribution in [3.8, 4) is 0 Å².